The Labute approximate surface area is 185 Å². The van der Waals surface area contributed by atoms with Gasteiger partial charge in [-0.2, -0.15) is 0 Å². The third kappa shape index (κ3) is 4.26. The minimum Gasteiger partial charge on any atom is -0.486 e. The van der Waals surface area contributed by atoms with Gasteiger partial charge < -0.3 is 24.1 Å². The molecule has 1 aromatic heterocycles. The first-order chi connectivity index (χ1) is 15.7. The maximum absolute atomic E-state index is 13.1. The summed E-state index contributed by atoms with van der Waals surface area (Å²) in [5, 5.41) is 2.99. The van der Waals surface area contributed by atoms with Crippen LogP contribution in [0.4, 0.5) is 9.18 Å². The molecule has 2 amide bonds. The number of nitrogens with one attached hydrogen (secondary N) is 1. The van der Waals surface area contributed by atoms with E-state index in [1.165, 1.54) is 12.1 Å². The lowest BCUT2D eigenvalue weighted by atomic mass is 10.0. The van der Waals surface area contributed by atoms with Crippen LogP contribution in [-0.2, 0) is 6.42 Å². The number of oxazole rings is 1. The molecule has 0 radical (unpaired) electrons. The number of halogens is 1. The number of carbonyl (C=O) groups excluding carboxylic acids is 1. The van der Waals surface area contributed by atoms with Crippen molar-refractivity contribution < 1.29 is 23.1 Å². The highest BCUT2D eigenvalue weighted by atomic mass is 19.1. The number of likely N-dealkylation sites (tertiary alicyclic amines) is 1. The number of fused-ring (bicyclic) bond motifs is 1. The van der Waals surface area contributed by atoms with Crippen molar-refractivity contribution in [2.75, 3.05) is 26.3 Å². The minimum absolute atomic E-state index is 0.0166. The summed E-state index contributed by atoms with van der Waals surface area (Å²) in [6.07, 6.45) is 3.98. The third-order valence-corrected chi connectivity index (χ3v) is 5.76. The number of carbonyl (C=O) groups is 1. The SMILES string of the molecule is O=C(NCCc1coc(-c2ccc(F)cc2)n1)N1CCCC1c1ccc2c(c1)OCCO2. The average Bonchev–Trinajstić information content (AvgIpc) is 3.49. The highest BCUT2D eigenvalue weighted by molar-refractivity contribution is 5.75. The van der Waals surface area contributed by atoms with Crippen molar-refractivity contribution in [2.24, 2.45) is 0 Å². The van der Waals surface area contributed by atoms with Crippen molar-refractivity contribution in [3.8, 4) is 23.0 Å². The van der Waals surface area contributed by atoms with E-state index in [2.05, 4.69) is 10.3 Å². The first-order valence-electron chi connectivity index (χ1n) is 10.8. The van der Waals surface area contributed by atoms with Crippen LogP contribution in [-0.4, -0.2) is 42.2 Å². The fourth-order valence-corrected chi connectivity index (χ4v) is 4.17. The van der Waals surface area contributed by atoms with Crippen LogP contribution in [0.2, 0.25) is 0 Å². The topological polar surface area (TPSA) is 76.8 Å². The smallest absolute Gasteiger partial charge is 0.317 e. The highest BCUT2D eigenvalue weighted by Crippen LogP contribution is 2.38. The van der Waals surface area contributed by atoms with E-state index in [0.29, 0.717) is 44.2 Å². The van der Waals surface area contributed by atoms with Crippen LogP contribution in [0.3, 0.4) is 0 Å². The fourth-order valence-electron chi connectivity index (χ4n) is 4.17. The van der Waals surface area contributed by atoms with Crippen molar-refractivity contribution >= 4 is 6.03 Å². The molecule has 1 fully saturated rings. The number of ether oxygens (including phenoxy) is 2. The van der Waals surface area contributed by atoms with Gasteiger partial charge in [0.25, 0.3) is 0 Å². The summed E-state index contributed by atoms with van der Waals surface area (Å²) in [5.41, 5.74) is 2.50. The number of hydrogen-bond donors (Lipinski definition) is 1. The van der Waals surface area contributed by atoms with E-state index >= 15 is 0 Å². The van der Waals surface area contributed by atoms with Crippen molar-refractivity contribution in [1.29, 1.82) is 0 Å². The summed E-state index contributed by atoms with van der Waals surface area (Å²) in [6, 6.07) is 11.8. The van der Waals surface area contributed by atoms with E-state index in [0.717, 1.165) is 35.6 Å². The molecule has 0 aliphatic carbocycles. The van der Waals surface area contributed by atoms with Gasteiger partial charge in [0.15, 0.2) is 11.5 Å². The van der Waals surface area contributed by atoms with Gasteiger partial charge in [0.1, 0.15) is 25.3 Å². The van der Waals surface area contributed by atoms with Crippen LogP contribution in [0.15, 0.2) is 53.1 Å². The molecule has 2 aliphatic rings. The van der Waals surface area contributed by atoms with Crippen LogP contribution in [0.5, 0.6) is 11.5 Å². The van der Waals surface area contributed by atoms with Gasteiger partial charge in [-0.1, -0.05) is 6.07 Å². The van der Waals surface area contributed by atoms with Crippen LogP contribution >= 0.6 is 0 Å². The lowest BCUT2D eigenvalue weighted by molar-refractivity contribution is 0.170. The Morgan fingerprint density at radius 2 is 1.94 bits per heavy atom. The zero-order chi connectivity index (χ0) is 21.9. The van der Waals surface area contributed by atoms with Gasteiger partial charge in [0.2, 0.25) is 5.89 Å². The first-order valence-corrected chi connectivity index (χ1v) is 10.8. The Kier molecular flexibility index (Phi) is 5.66. The molecule has 5 rings (SSSR count). The molecular weight excluding hydrogens is 413 g/mol. The first kappa shape index (κ1) is 20.4. The number of urea groups is 1. The van der Waals surface area contributed by atoms with Gasteiger partial charge in [0, 0.05) is 25.1 Å². The van der Waals surface area contributed by atoms with Gasteiger partial charge in [-0.05, 0) is 54.8 Å². The monoisotopic (exact) mass is 437 g/mol. The number of benzene rings is 2. The summed E-state index contributed by atoms with van der Waals surface area (Å²) in [4.78, 5) is 19.1. The lowest BCUT2D eigenvalue weighted by Crippen LogP contribution is -2.40. The number of rotatable bonds is 5. The normalized spacial score (nSPS) is 17.4. The highest BCUT2D eigenvalue weighted by Gasteiger charge is 2.30. The predicted octanol–water partition coefficient (Wildman–Crippen LogP) is 4.34. The number of nitrogens with zero attached hydrogens (tertiary/aromatic N) is 2. The lowest BCUT2D eigenvalue weighted by Gasteiger charge is -2.27. The van der Waals surface area contributed by atoms with E-state index in [1.54, 1.807) is 18.4 Å². The Morgan fingerprint density at radius 1 is 1.12 bits per heavy atom. The summed E-state index contributed by atoms with van der Waals surface area (Å²) in [6.45, 7) is 2.25. The summed E-state index contributed by atoms with van der Waals surface area (Å²) in [5.74, 6) is 1.62. The summed E-state index contributed by atoms with van der Waals surface area (Å²) < 4.78 is 29.9. The molecule has 166 valence electrons. The standard InChI is InChI=1S/C24H24FN3O4/c25-18-6-3-16(4-7-18)23-27-19(15-32-23)9-10-26-24(29)28-11-1-2-20(28)17-5-8-21-22(14-17)31-13-12-30-21/h3-8,14-15,20H,1-2,9-13H2,(H,26,29). The second-order valence-electron chi connectivity index (χ2n) is 7.89. The third-order valence-electron chi connectivity index (χ3n) is 5.76. The zero-order valence-corrected chi connectivity index (χ0v) is 17.6. The maximum Gasteiger partial charge on any atom is 0.317 e. The molecule has 7 nitrogen and oxygen atoms in total. The molecule has 2 aliphatic heterocycles. The van der Waals surface area contributed by atoms with Crippen LogP contribution in [0.25, 0.3) is 11.5 Å². The fraction of sp³-hybridized carbons (Fsp3) is 0.333. The Balaban J connectivity index is 1.18. The zero-order valence-electron chi connectivity index (χ0n) is 17.6. The van der Waals surface area contributed by atoms with Gasteiger partial charge in [-0.3, -0.25) is 0 Å². The number of aromatic nitrogens is 1. The van der Waals surface area contributed by atoms with Crippen molar-refractivity contribution in [2.45, 2.75) is 25.3 Å². The van der Waals surface area contributed by atoms with Crippen LogP contribution < -0.4 is 14.8 Å². The minimum atomic E-state index is -0.306. The molecular formula is C24H24FN3O4. The second kappa shape index (κ2) is 8.90. The molecule has 8 heteroatoms. The van der Waals surface area contributed by atoms with Crippen molar-refractivity contribution in [3.05, 3.63) is 65.8 Å². The second-order valence-corrected chi connectivity index (χ2v) is 7.89. The molecule has 3 heterocycles. The number of hydrogen-bond acceptors (Lipinski definition) is 5. The van der Waals surface area contributed by atoms with Crippen molar-refractivity contribution in [3.63, 3.8) is 0 Å². The molecule has 2 aromatic carbocycles. The van der Waals surface area contributed by atoms with E-state index < -0.39 is 0 Å². The maximum atomic E-state index is 13.1. The quantitative estimate of drug-likeness (QED) is 0.643. The van der Waals surface area contributed by atoms with Gasteiger partial charge in [-0.25, -0.2) is 14.2 Å². The van der Waals surface area contributed by atoms with E-state index in [-0.39, 0.29) is 17.9 Å². The molecule has 0 bridgehead atoms. The molecule has 1 atom stereocenters. The molecule has 0 saturated carbocycles. The van der Waals surface area contributed by atoms with E-state index in [1.807, 2.05) is 23.1 Å². The Bertz CT molecular complexity index is 1100. The van der Waals surface area contributed by atoms with Crippen molar-refractivity contribution in [1.82, 2.24) is 15.2 Å². The summed E-state index contributed by atoms with van der Waals surface area (Å²) in [7, 11) is 0. The van der Waals surface area contributed by atoms with Gasteiger partial charge in [-0.15, -0.1) is 0 Å². The molecule has 1 N–H and O–H groups in total. The van der Waals surface area contributed by atoms with Crippen LogP contribution in [0.1, 0.15) is 30.1 Å². The Hall–Kier alpha value is -3.55. The van der Waals surface area contributed by atoms with E-state index in [4.69, 9.17) is 13.9 Å². The molecule has 32 heavy (non-hydrogen) atoms. The predicted molar refractivity (Wildman–Crippen MR) is 115 cm³/mol. The molecule has 3 aromatic rings. The van der Waals surface area contributed by atoms with Gasteiger partial charge >= 0.3 is 6.03 Å². The average molecular weight is 437 g/mol. The Morgan fingerprint density at radius 3 is 2.78 bits per heavy atom. The van der Waals surface area contributed by atoms with Gasteiger partial charge in [0.05, 0.1) is 11.7 Å². The largest absolute Gasteiger partial charge is 0.486 e. The summed E-state index contributed by atoms with van der Waals surface area (Å²) >= 11 is 0. The van der Waals surface area contributed by atoms with E-state index in [9.17, 15) is 9.18 Å². The molecule has 1 unspecified atom stereocenters. The molecule has 0 spiro atoms. The number of amides is 2. The van der Waals surface area contributed by atoms with Crippen LogP contribution in [0, 0.1) is 5.82 Å². The molecule has 1 saturated heterocycles.